The van der Waals surface area contributed by atoms with E-state index in [2.05, 4.69) is 193 Å². The van der Waals surface area contributed by atoms with Gasteiger partial charge in [-0.05, 0) is 75.3 Å². The van der Waals surface area contributed by atoms with Gasteiger partial charge in [0.05, 0.1) is 5.69 Å². The zero-order chi connectivity index (χ0) is 34.9. The van der Waals surface area contributed by atoms with Gasteiger partial charge in [0.15, 0.2) is 0 Å². The topological polar surface area (TPSA) is 16.4 Å². The van der Waals surface area contributed by atoms with E-state index < -0.39 is 0 Å². The summed E-state index contributed by atoms with van der Waals surface area (Å²) < 4.78 is 9.53. The molecule has 0 aliphatic carbocycles. The molecule has 248 valence electrons. The van der Waals surface area contributed by atoms with E-state index in [0.717, 1.165) is 55.5 Å². The molecule has 3 heteroatoms. The Bertz CT molecular complexity index is 3160. The number of thiophene rings is 1. The largest absolute Gasteiger partial charge is 0.455 e. The SMILES string of the molecule is c1ccc(-c2c(N(c3ccccc3)c3ccc(-c4cccc5c4sc4ccccc45)cc3)ccc3oc4c5ccccc5c5ccccc5c4c23)cc1. The molecule has 0 N–H and O–H groups in total. The van der Waals surface area contributed by atoms with Crippen LogP contribution < -0.4 is 4.90 Å². The predicted octanol–water partition coefficient (Wildman–Crippen LogP) is 15.1. The first-order chi connectivity index (χ1) is 26.3. The van der Waals surface area contributed by atoms with Crippen molar-refractivity contribution in [2.75, 3.05) is 4.90 Å². The van der Waals surface area contributed by atoms with Crippen LogP contribution in [0.25, 0.3) is 85.9 Å². The van der Waals surface area contributed by atoms with Crippen LogP contribution >= 0.6 is 11.3 Å². The Morgan fingerprint density at radius 2 is 1.00 bits per heavy atom. The summed E-state index contributed by atoms with van der Waals surface area (Å²) in [5.74, 6) is 0. The molecule has 53 heavy (non-hydrogen) atoms. The van der Waals surface area contributed by atoms with Gasteiger partial charge in [-0.1, -0.05) is 146 Å². The summed E-state index contributed by atoms with van der Waals surface area (Å²) in [7, 11) is 0. The zero-order valence-electron chi connectivity index (χ0n) is 28.7. The normalized spacial score (nSPS) is 11.8. The zero-order valence-corrected chi connectivity index (χ0v) is 29.5. The fraction of sp³-hybridized carbons (Fsp3) is 0. The van der Waals surface area contributed by atoms with Crippen molar-refractivity contribution in [3.63, 3.8) is 0 Å². The maximum Gasteiger partial charge on any atom is 0.143 e. The summed E-state index contributed by atoms with van der Waals surface area (Å²) in [6, 6.07) is 67.7. The van der Waals surface area contributed by atoms with E-state index in [1.165, 1.54) is 47.5 Å². The van der Waals surface area contributed by atoms with E-state index in [-0.39, 0.29) is 0 Å². The Kier molecular flexibility index (Phi) is 6.76. The number of anilines is 3. The lowest BCUT2D eigenvalue weighted by molar-refractivity contribution is 0.673. The van der Waals surface area contributed by atoms with E-state index in [4.69, 9.17) is 4.42 Å². The minimum atomic E-state index is 0.879. The Morgan fingerprint density at radius 1 is 0.396 bits per heavy atom. The molecular weight excluding hydrogens is 663 g/mol. The van der Waals surface area contributed by atoms with Crippen LogP contribution in [0.5, 0.6) is 0 Å². The van der Waals surface area contributed by atoms with Gasteiger partial charge in [0.25, 0.3) is 0 Å². The Balaban J connectivity index is 1.18. The number of furan rings is 1. The highest BCUT2D eigenvalue weighted by Crippen LogP contribution is 2.50. The van der Waals surface area contributed by atoms with Crippen LogP contribution in [0.3, 0.4) is 0 Å². The predicted molar refractivity (Wildman–Crippen MR) is 227 cm³/mol. The van der Waals surface area contributed by atoms with E-state index in [1.807, 2.05) is 11.3 Å². The van der Waals surface area contributed by atoms with Crippen molar-refractivity contribution < 1.29 is 4.42 Å². The second-order valence-electron chi connectivity index (χ2n) is 13.6. The van der Waals surface area contributed by atoms with E-state index in [0.29, 0.717) is 0 Å². The van der Waals surface area contributed by atoms with Crippen molar-refractivity contribution >= 4 is 92.1 Å². The molecule has 0 aliphatic rings. The van der Waals surface area contributed by atoms with Crippen molar-refractivity contribution in [1.29, 1.82) is 0 Å². The van der Waals surface area contributed by atoms with Crippen molar-refractivity contribution in [3.8, 4) is 22.3 Å². The Labute approximate surface area is 310 Å². The monoisotopic (exact) mass is 693 g/mol. The number of nitrogens with zero attached hydrogens (tertiary/aromatic N) is 1. The van der Waals surface area contributed by atoms with Gasteiger partial charge in [-0.3, -0.25) is 0 Å². The van der Waals surface area contributed by atoms with Crippen LogP contribution in [0.4, 0.5) is 17.1 Å². The average molecular weight is 694 g/mol. The summed E-state index contributed by atoms with van der Waals surface area (Å²) in [5, 5.41) is 9.65. The van der Waals surface area contributed by atoms with Crippen LogP contribution in [0.15, 0.2) is 192 Å². The van der Waals surface area contributed by atoms with Gasteiger partial charge in [-0.15, -0.1) is 11.3 Å². The smallest absolute Gasteiger partial charge is 0.143 e. The van der Waals surface area contributed by atoms with Crippen LogP contribution in [-0.2, 0) is 0 Å². The first-order valence-electron chi connectivity index (χ1n) is 18.0. The van der Waals surface area contributed by atoms with E-state index in [1.54, 1.807) is 0 Å². The van der Waals surface area contributed by atoms with Crippen LogP contribution in [-0.4, -0.2) is 0 Å². The molecule has 0 spiro atoms. The summed E-state index contributed by atoms with van der Waals surface area (Å²) >= 11 is 1.87. The maximum absolute atomic E-state index is 6.89. The molecule has 2 nitrogen and oxygen atoms in total. The summed E-state index contributed by atoms with van der Waals surface area (Å²) in [4.78, 5) is 2.40. The first-order valence-corrected chi connectivity index (χ1v) is 18.8. The van der Waals surface area contributed by atoms with E-state index in [9.17, 15) is 0 Å². The van der Waals surface area contributed by atoms with Gasteiger partial charge in [0.2, 0.25) is 0 Å². The molecule has 2 heterocycles. The third-order valence-corrected chi connectivity index (χ3v) is 11.9. The molecule has 11 aromatic rings. The molecule has 0 atom stereocenters. The number of para-hydroxylation sites is 1. The Hall–Kier alpha value is -6.68. The molecule has 0 unspecified atom stereocenters. The Morgan fingerprint density at radius 3 is 1.77 bits per heavy atom. The van der Waals surface area contributed by atoms with Gasteiger partial charge in [-0.25, -0.2) is 0 Å². The number of hydrogen-bond donors (Lipinski definition) is 0. The minimum Gasteiger partial charge on any atom is -0.455 e. The fourth-order valence-electron chi connectivity index (χ4n) is 8.33. The number of fused-ring (bicyclic) bond motifs is 11. The molecular formula is C50H31NOS. The highest BCUT2D eigenvalue weighted by Gasteiger charge is 2.25. The second kappa shape index (κ2) is 11.9. The third-order valence-electron chi connectivity index (χ3n) is 10.7. The van der Waals surface area contributed by atoms with Gasteiger partial charge in [-0.2, -0.15) is 0 Å². The lowest BCUT2D eigenvalue weighted by Crippen LogP contribution is -2.11. The lowest BCUT2D eigenvalue weighted by Gasteiger charge is -2.28. The molecule has 0 radical (unpaired) electrons. The molecule has 0 saturated carbocycles. The number of hydrogen-bond acceptors (Lipinski definition) is 3. The minimum absolute atomic E-state index is 0.879. The standard InChI is InChI=1S/C50H31NOS/c1-3-14-33(15-4-1)46-43(30-31-44-48(46)47-40-21-9-7-18-37(40)38-19-8-10-22-41(38)49(47)52-44)51(34-16-5-2-6-17-34)35-28-26-32(27-29-35)36-23-13-24-42-39-20-11-12-25-45(39)53-50(36)42/h1-31H. The van der Waals surface area contributed by atoms with Gasteiger partial charge >= 0.3 is 0 Å². The van der Waals surface area contributed by atoms with Crippen LogP contribution in [0.1, 0.15) is 0 Å². The molecule has 11 rings (SSSR count). The van der Waals surface area contributed by atoms with Gasteiger partial charge < -0.3 is 9.32 Å². The molecule has 0 fully saturated rings. The second-order valence-corrected chi connectivity index (χ2v) is 14.6. The maximum atomic E-state index is 6.89. The summed E-state index contributed by atoms with van der Waals surface area (Å²) in [6.45, 7) is 0. The molecule has 2 aromatic heterocycles. The molecule has 0 bridgehead atoms. The summed E-state index contributed by atoms with van der Waals surface area (Å²) in [5.41, 5.74) is 9.82. The van der Waals surface area contributed by atoms with Crippen molar-refractivity contribution in [1.82, 2.24) is 0 Å². The molecule has 0 amide bonds. The quantitative estimate of drug-likeness (QED) is 0.167. The molecule has 0 aliphatic heterocycles. The lowest BCUT2D eigenvalue weighted by atomic mass is 9.92. The van der Waals surface area contributed by atoms with Crippen molar-refractivity contribution in [2.45, 2.75) is 0 Å². The van der Waals surface area contributed by atoms with Crippen molar-refractivity contribution in [3.05, 3.63) is 188 Å². The third kappa shape index (κ3) is 4.64. The van der Waals surface area contributed by atoms with Crippen molar-refractivity contribution in [2.24, 2.45) is 0 Å². The van der Waals surface area contributed by atoms with Gasteiger partial charge in [0.1, 0.15) is 11.2 Å². The van der Waals surface area contributed by atoms with Gasteiger partial charge in [0, 0.05) is 53.3 Å². The van der Waals surface area contributed by atoms with Crippen LogP contribution in [0, 0.1) is 0 Å². The highest BCUT2D eigenvalue weighted by atomic mass is 32.1. The first kappa shape index (κ1) is 30.0. The average Bonchev–Trinajstić information content (AvgIpc) is 3.82. The molecule has 0 saturated heterocycles. The summed E-state index contributed by atoms with van der Waals surface area (Å²) in [6.07, 6.45) is 0. The van der Waals surface area contributed by atoms with E-state index >= 15 is 0 Å². The highest BCUT2D eigenvalue weighted by molar-refractivity contribution is 7.26. The molecule has 9 aromatic carbocycles. The van der Waals surface area contributed by atoms with Crippen LogP contribution in [0.2, 0.25) is 0 Å². The number of benzene rings is 9. The fourth-order valence-corrected chi connectivity index (χ4v) is 9.57. The number of rotatable bonds is 5.